The molecule has 31 heavy (non-hydrogen) atoms. The predicted octanol–water partition coefficient (Wildman–Crippen LogP) is 3.14. The molecule has 0 radical (unpaired) electrons. The molecule has 1 fully saturated rings. The number of amides is 1. The molecule has 0 spiro atoms. The van der Waals surface area contributed by atoms with E-state index in [0.717, 1.165) is 24.8 Å². The Labute approximate surface area is 183 Å². The van der Waals surface area contributed by atoms with Gasteiger partial charge in [-0.15, -0.1) is 0 Å². The number of methoxy groups -OCH3 is 1. The van der Waals surface area contributed by atoms with Gasteiger partial charge in [-0.25, -0.2) is 13.2 Å². The number of rotatable bonds is 7. The lowest BCUT2D eigenvalue weighted by atomic mass is 10.0. The minimum absolute atomic E-state index is 0.151. The van der Waals surface area contributed by atoms with E-state index >= 15 is 0 Å². The summed E-state index contributed by atoms with van der Waals surface area (Å²) in [4.78, 5) is 24.2. The topological polar surface area (TPSA) is 92.8 Å². The molecule has 1 aliphatic heterocycles. The van der Waals surface area contributed by atoms with E-state index in [9.17, 15) is 18.0 Å². The first-order chi connectivity index (χ1) is 14.8. The summed E-state index contributed by atoms with van der Waals surface area (Å²) < 4.78 is 32.5. The lowest BCUT2D eigenvalue weighted by Crippen LogP contribution is -2.45. The first kappa shape index (κ1) is 23.0. The van der Waals surface area contributed by atoms with Gasteiger partial charge < -0.3 is 10.1 Å². The van der Waals surface area contributed by atoms with Gasteiger partial charge >= 0.3 is 5.97 Å². The number of carbonyl (C=O) groups excluding carboxylic acids is 2. The summed E-state index contributed by atoms with van der Waals surface area (Å²) in [5, 5.41) is 2.85. The highest BCUT2D eigenvalue weighted by molar-refractivity contribution is 7.89. The van der Waals surface area contributed by atoms with Crippen LogP contribution in [0.3, 0.4) is 0 Å². The number of ether oxygens (including phenoxy) is 1. The Morgan fingerprint density at radius 1 is 1.03 bits per heavy atom. The van der Waals surface area contributed by atoms with Crippen molar-refractivity contribution in [3.63, 3.8) is 0 Å². The summed E-state index contributed by atoms with van der Waals surface area (Å²) >= 11 is 0. The maximum Gasteiger partial charge on any atom is 0.337 e. The fraction of sp³-hybridized carbons (Fsp3) is 0.391. The number of aryl methyl sites for hydroxylation is 1. The number of benzene rings is 2. The van der Waals surface area contributed by atoms with Crippen molar-refractivity contribution < 1.29 is 22.7 Å². The molecule has 2 aromatic carbocycles. The van der Waals surface area contributed by atoms with Crippen molar-refractivity contribution in [1.82, 2.24) is 9.62 Å². The van der Waals surface area contributed by atoms with Gasteiger partial charge in [0.25, 0.3) is 5.91 Å². The summed E-state index contributed by atoms with van der Waals surface area (Å²) in [6.45, 7) is 2.78. The Hall–Kier alpha value is -2.71. The average molecular weight is 445 g/mol. The first-order valence-corrected chi connectivity index (χ1v) is 11.8. The van der Waals surface area contributed by atoms with Crippen LogP contribution in [-0.2, 0) is 14.8 Å². The van der Waals surface area contributed by atoms with Gasteiger partial charge in [0, 0.05) is 24.7 Å². The highest BCUT2D eigenvalue weighted by Gasteiger charge is 2.33. The second-order valence-corrected chi connectivity index (χ2v) is 9.58. The van der Waals surface area contributed by atoms with E-state index in [4.69, 9.17) is 0 Å². The van der Waals surface area contributed by atoms with Gasteiger partial charge in [0.05, 0.1) is 17.6 Å². The highest BCUT2D eigenvalue weighted by atomic mass is 32.2. The van der Waals surface area contributed by atoms with E-state index in [2.05, 4.69) is 10.1 Å². The van der Waals surface area contributed by atoms with Crippen LogP contribution in [0.25, 0.3) is 0 Å². The molecular formula is C23H28N2O5S. The highest BCUT2D eigenvalue weighted by Crippen LogP contribution is 2.27. The van der Waals surface area contributed by atoms with E-state index in [1.807, 2.05) is 6.92 Å². The molecule has 1 heterocycles. The predicted molar refractivity (Wildman–Crippen MR) is 117 cm³/mol. The molecule has 8 heteroatoms. The number of nitrogens with one attached hydrogen (secondary N) is 1. The van der Waals surface area contributed by atoms with E-state index in [-0.39, 0.29) is 11.9 Å². The van der Waals surface area contributed by atoms with Gasteiger partial charge in [-0.1, -0.05) is 24.1 Å². The van der Waals surface area contributed by atoms with Crippen LogP contribution in [0.1, 0.15) is 52.0 Å². The second kappa shape index (κ2) is 10.1. The molecule has 3 rings (SSSR count). The van der Waals surface area contributed by atoms with Crippen LogP contribution in [0.2, 0.25) is 0 Å². The molecule has 166 valence electrons. The van der Waals surface area contributed by atoms with Crippen molar-refractivity contribution in [3.05, 3.63) is 65.2 Å². The Balaban J connectivity index is 1.61. The number of piperidine rings is 1. The van der Waals surface area contributed by atoms with Crippen LogP contribution in [-0.4, -0.2) is 50.8 Å². The zero-order chi connectivity index (χ0) is 22.4. The Kier molecular flexibility index (Phi) is 7.46. The molecule has 0 saturated carbocycles. The number of nitrogens with zero attached hydrogens (tertiary/aromatic N) is 1. The third-order valence-corrected chi connectivity index (χ3v) is 7.50. The fourth-order valence-corrected chi connectivity index (χ4v) is 5.48. The Morgan fingerprint density at radius 3 is 2.32 bits per heavy atom. The molecule has 2 aromatic rings. The van der Waals surface area contributed by atoms with Crippen molar-refractivity contribution in [3.8, 4) is 0 Å². The van der Waals surface area contributed by atoms with Gasteiger partial charge in [-0.05, 0) is 62.6 Å². The molecule has 0 aliphatic carbocycles. The van der Waals surface area contributed by atoms with Gasteiger partial charge in [-0.3, -0.25) is 4.79 Å². The SMILES string of the molecule is COC(=O)c1ccc(C(=O)NCCC2CCCCN2S(=O)(=O)c2ccc(C)cc2)cc1. The Morgan fingerprint density at radius 2 is 1.68 bits per heavy atom. The summed E-state index contributed by atoms with van der Waals surface area (Å²) in [6, 6.07) is 13.0. The maximum atomic E-state index is 13.1. The monoisotopic (exact) mass is 444 g/mol. The number of carbonyl (C=O) groups is 2. The van der Waals surface area contributed by atoms with Gasteiger partial charge in [0.1, 0.15) is 0 Å². The van der Waals surface area contributed by atoms with E-state index < -0.39 is 16.0 Å². The minimum atomic E-state index is -3.57. The third kappa shape index (κ3) is 5.51. The maximum absolute atomic E-state index is 13.1. The molecule has 7 nitrogen and oxygen atoms in total. The van der Waals surface area contributed by atoms with E-state index in [1.165, 1.54) is 19.2 Å². The third-order valence-electron chi connectivity index (χ3n) is 5.53. The molecule has 0 aromatic heterocycles. The molecule has 1 aliphatic rings. The van der Waals surface area contributed by atoms with Gasteiger partial charge in [0.15, 0.2) is 0 Å². The lowest BCUT2D eigenvalue weighted by Gasteiger charge is -2.34. The van der Waals surface area contributed by atoms with Crippen LogP contribution < -0.4 is 5.32 Å². The zero-order valence-electron chi connectivity index (χ0n) is 17.8. The van der Waals surface area contributed by atoms with E-state index in [0.29, 0.717) is 35.5 Å². The molecule has 0 bridgehead atoms. The van der Waals surface area contributed by atoms with Gasteiger partial charge in [-0.2, -0.15) is 4.31 Å². The summed E-state index contributed by atoms with van der Waals surface area (Å²) in [5.74, 6) is -0.723. The summed E-state index contributed by atoms with van der Waals surface area (Å²) in [6.07, 6.45) is 3.11. The van der Waals surface area contributed by atoms with Crippen LogP contribution in [0.15, 0.2) is 53.4 Å². The molecule has 1 unspecified atom stereocenters. The quantitative estimate of drug-likeness (QED) is 0.663. The molecule has 1 amide bonds. The molecule has 1 N–H and O–H groups in total. The van der Waals surface area contributed by atoms with Crippen LogP contribution in [0.4, 0.5) is 0 Å². The number of esters is 1. The zero-order valence-corrected chi connectivity index (χ0v) is 18.7. The largest absolute Gasteiger partial charge is 0.465 e. The van der Waals surface area contributed by atoms with Crippen molar-refractivity contribution in [1.29, 1.82) is 0 Å². The smallest absolute Gasteiger partial charge is 0.337 e. The molecule has 1 atom stereocenters. The van der Waals surface area contributed by atoms with Crippen LogP contribution in [0.5, 0.6) is 0 Å². The molecule has 1 saturated heterocycles. The van der Waals surface area contributed by atoms with Gasteiger partial charge in [0.2, 0.25) is 10.0 Å². The Bertz CT molecular complexity index is 1020. The van der Waals surface area contributed by atoms with E-state index in [1.54, 1.807) is 40.7 Å². The fourth-order valence-electron chi connectivity index (χ4n) is 3.75. The van der Waals surface area contributed by atoms with Crippen molar-refractivity contribution in [2.45, 2.75) is 43.5 Å². The van der Waals surface area contributed by atoms with Crippen molar-refractivity contribution >= 4 is 21.9 Å². The minimum Gasteiger partial charge on any atom is -0.465 e. The average Bonchev–Trinajstić information content (AvgIpc) is 2.79. The lowest BCUT2D eigenvalue weighted by molar-refractivity contribution is 0.0600. The number of hydrogen-bond donors (Lipinski definition) is 1. The normalized spacial score (nSPS) is 17.2. The first-order valence-electron chi connectivity index (χ1n) is 10.4. The van der Waals surface area contributed by atoms with Crippen molar-refractivity contribution in [2.24, 2.45) is 0 Å². The molecular weight excluding hydrogens is 416 g/mol. The number of sulfonamides is 1. The standard InChI is InChI=1S/C23H28N2O5S/c1-17-6-12-21(13-7-17)31(28,29)25-16-4-3-5-20(25)14-15-24-22(26)18-8-10-19(11-9-18)23(27)30-2/h6-13,20H,3-5,14-16H2,1-2H3,(H,24,26). The van der Waals surface area contributed by atoms with Crippen LogP contribution >= 0.6 is 0 Å². The van der Waals surface area contributed by atoms with Crippen molar-refractivity contribution in [2.75, 3.05) is 20.2 Å². The summed E-state index contributed by atoms with van der Waals surface area (Å²) in [5.41, 5.74) is 1.81. The number of hydrogen-bond acceptors (Lipinski definition) is 5. The summed E-state index contributed by atoms with van der Waals surface area (Å²) in [7, 11) is -2.27. The second-order valence-electron chi connectivity index (χ2n) is 7.69. The van der Waals surface area contributed by atoms with Crippen LogP contribution in [0, 0.1) is 6.92 Å².